The van der Waals surface area contributed by atoms with E-state index in [0.29, 0.717) is 5.82 Å². The van der Waals surface area contributed by atoms with E-state index in [0.717, 1.165) is 0 Å². The fourth-order valence-electron chi connectivity index (χ4n) is 0.863. The second-order valence-electron chi connectivity index (χ2n) is 2.55. The van der Waals surface area contributed by atoms with Crippen molar-refractivity contribution in [1.29, 1.82) is 0 Å². The fourth-order valence-corrected chi connectivity index (χ4v) is 0.863. The lowest BCUT2D eigenvalue weighted by Gasteiger charge is -1.88. The number of nitrogens with zero attached hydrogens (tertiary/aromatic N) is 4. The number of esters is 1. The molecule has 0 saturated carbocycles. The molecule has 0 atom stereocenters. The normalized spacial score (nSPS) is 10.3. The lowest BCUT2D eigenvalue weighted by Crippen LogP contribution is -2.00. The Labute approximate surface area is 83.2 Å². The Balaban J connectivity index is 2.31. The van der Waals surface area contributed by atoms with Gasteiger partial charge in [0, 0.05) is 0 Å². The van der Waals surface area contributed by atoms with Crippen molar-refractivity contribution in [3.8, 4) is 11.8 Å². The van der Waals surface area contributed by atoms with Crippen LogP contribution in [0, 0.1) is 6.92 Å². The van der Waals surface area contributed by atoms with Crippen molar-refractivity contribution in [3.05, 3.63) is 11.7 Å². The molecule has 0 unspecified atom stereocenters. The summed E-state index contributed by atoms with van der Waals surface area (Å²) in [5.74, 6) is -0.498. The molecule has 0 bridgehead atoms. The van der Waals surface area contributed by atoms with E-state index in [-0.39, 0.29) is 17.7 Å². The summed E-state index contributed by atoms with van der Waals surface area (Å²) in [5, 5.41) is 10.5. The summed E-state index contributed by atoms with van der Waals surface area (Å²) in [6.45, 7) is 1.64. The van der Waals surface area contributed by atoms with Crippen LogP contribution in [0.25, 0.3) is 11.8 Å². The maximum absolute atomic E-state index is 11.0. The number of aromatic nitrogens is 4. The summed E-state index contributed by atoms with van der Waals surface area (Å²) in [4.78, 5) is 14.8. The third kappa shape index (κ3) is 1.68. The standard InChI is InChI=1S/C7H6N4O4/c1-3-8-4(15-11-3)5-9-10-6(14-5)7(12)13-2/h1-2H3. The van der Waals surface area contributed by atoms with Gasteiger partial charge in [0.2, 0.25) is 0 Å². The van der Waals surface area contributed by atoms with Gasteiger partial charge in [0.1, 0.15) is 0 Å². The van der Waals surface area contributed by atoms with Crippen LogP contribution in [0.3, 0.4) is 0 Å². The number of hydrogen-bond acceptors (Lipinski definition) is 8. The molecule has 0 N–H and O–H groups in total. The van der Waals surface area contributed by atoms with Crippen LogP contribution in [-0.2, 0) is 4.74 Å². The molecule has 0 saturated heterocycles. The number of carbonyl (C=O) groups is 1. The zero-order valence-corrected chi connectivity index (χ0v) is 7.92. The molecular formula is C7H6N4O4. The van der Waals surface area contributed by atoms with Gasteiger partial charge >= 0.3 is 23.6 Å². The Bertz CT molecular complexity index is 489. The van der Waals surface area contributed by atoms with Gasteiger partial charge in [0.25, 0.3) is 0 Å². The molecule has 0 aromatic carbocycles. The molecule has 0 aliphatic heterocycles. The van der Waals surface area contributed by atoms with Crippen molar-refractivity contribution in [2.75, 3.05) is 7.11 Å². The van der Waals surface area contributed by atoms with E-state index in [1.54, 1.807) is 6.92 Å². The van der Waals surface area contributed by atoms with Crippen LogP contribution in [0.1, 0.15) is 16.5 Å². The van der Waals surface area contributed by atoms with Crippen LogP contribution in [-0.4, -0.2) is 33.4 Å². The molecule has 0 spiro atoms. The largest absolute Gasteiger partial charge is 0.462 e. The number of ether oxygens (including phenoxy) is 1. The average molecular weight is 210 g/mol. The number of methoxy groups -OCH3 is 1. The Hall–Kier alpha value is -2.25. The minimum absolute atomic E-state index is 0.0176. The van der Waals surface area contributed by atoms with Gasteiger partial charge < -0.3 is 13.7 Å². The van der Waals surface area contributed by atoms with E-state index in [1.165, 1.54) is 7.11 Å². The minimum Gasteiger partial charge on any atom is -0.462 e. The molecule has 0 aliphatic rings. The van der Waals surface area contributed by atoms with E-state index >= 15 is 0 Å². The molecule has 0 radical (unpaired) electrons. The number of aryl methyl sites for hydroxylation is 1. The lowest BCUT2D eigenvalue weighted by molar-refractivity contribution is 0.0556. The number of hydrogen-bond donors (Lipinski definition) is 0. The second-order valence-corrected chi connectivity index (χ2v) is 2.55. The number of carbonyl (C=O) groups excluding carboxylic acids is 1. The monoisotopic (exact) mass is 210 g/mol. The highest BCUT2D eigenvalue weighted by Gasteiger charge is 2.19. The Kier molecular flexibility index (Phi) is 2.16. The first kappa shape index (κ1) is 9.31. The summed E-state index contributed by atoms with van der Waals surface area (Å²) in [7, 11) is 1.21. The maximum atomic E-state index is 11.0. The van der Waals surface area contributed by atoms with Crippen molar-refractivity contribution < 1.29 is 18.5 Å². The molecule has 8 heteroatoms. The van der Waals surface area contributed by atoms with Crippen LogP contribution in [0.15, 0.2) is 8.94 Å². The first-order valence-electron chi connectivity index (χ1n) is 3.93. The van der Waals surface area contributed by atoms with E-state index in [4.69, 9.17) is 8.94 Å². The van der Waals surface area contributed by atoms with Crippen molar-refractivity contribution in [1.82, 2.24) is 20.3 Å². The molecule has 0 fully saturated rings. The maximum Gasteiger partial charge on any atom is 0.396 e. The van der Waals surface area contributed by atoms with Crippen molar-refractivity contribution >= 4 is 5.97 Å². The van der Waals surface area contributed by atoms with Crippen LogP contribution in [0.4, 0.5) is 0 Å². The Morgan fingerprint density at radius 2 is 2.13 bits per heavy atom. The van der Waals surface area contributed by atoms with Gasteiger partial charge in [-0.25, -0.2) is 4.79 Å². The zero-order chi connectivity index (χ0) is 10.8. The Morgan fingerprint density at radius 3 is 2.73 bits per heavy atom. The molecule has 2 rings (SSSR count). The van der Waals surface area contributed by atoms with Gasteiger partial charge in [-0.15, -0.1) is 10.2 Å². The van der Waals surface area contributed by atoms with E-state index in [2.05, 4.69) is 25.1 Å². The first-order valence-corrected chi connectivity index (χ1v) is 3.93. The molecule has 78 valence electrons. The first-order chi connectivity index (χ1) is 7.20. The van der Waals surface area contributed by atoms with Gasteiger partial charge in [-0.05, 0) is 6.92 Å². The van der Waals surface area contributed by atoms with Crippen LogP contribution < -0.4 is 0 Å². The predicted molar refractivity (Wildman–Crippen MR) is 43.7 cm³/mol. The predicted octanol–water partition coefficient (Wildman–Crippen LogP) is 0.215. The van der Waals surface area contributed by atoms with Crippen LogP contribution in [0.2, 0.25) is 0 Å². The molecule has 2 aromatic rings. The van der Waals surface area contributed by atoms with Crippen LogP contribution in [0.5, 0.6) is 0 Å². The molecule has 15 heavy (non-hydrogen) atoms. The minimum atomic E-state index is -0.718. The van der Waals surface area contributed by atoms with E-state index < -0.39 is 5.97 Å². The summed E-state index contributed by atoms with van der Waals surface area (Å²) < 4.78 is 14.1. The van der Waals surface area contributed by atoms with Gasteiger partial charge in [0.05, 0.1) is 7.11 Å². The van der Waals surface area contributed by atoms with Crippen molar-refractivity contribution in [2.45, 2.75) is 6.92 Å². The highest BCUT2D eigenvalue weighted by Crippen LogP contribution is 2.15. The second kappa shape index (κ2) is 3.48. The summed E-state index contributed by atoms with van der Waals surface area (Å²) in [6.07, 6.45) is 0. The third-order valence-corrected chi connectivity index (χ3v) is 1.50. The number of rotatable bonds is 2. The fraction of sp³-hybridized carbons (Fsp3) is 0.286. The zero-order valence-electron chi connectivity index (χ0n) is 7.92. The smallest absolute Gasteiger partial charge is 0.396 e. The SMILES string of the molecule is COC(=O)c1nnc(-c2nc(C)no2)o1. The van der Waals surface area contributed by atoms with Gasteiger partial charge in [-0.3, -0.25) is 0 Å². The Morgan fingerprint density at radius 1 is 1.33 bits per heavy atom. The van der Waals surface area contributed by atoms with E-state index in [9.17, 15) is 4.79 Å². The van der Waals surface area contributed by atoms with Gasteiger partial charge in [-0.2, -0.15) is 4.98 Å². The van der Waals surface area contributed by atoms with Crippen LogP contribution >= 0.6 is 0 Å². The molecule has 2 aromatic heterocycles. The molecule has 8 nitrogen and oxygen atoms in total. The summed E-state index contributed by atoms with van der Waals surface area (Å²) in [5.41, 5.74) is 0. The molecular weight excluding hydrogens is 204 g/mol. The lowest BCUT2D eigenvalue weighted by atomic mass is 10.6. The van der Waals surface area contributed by atoms with Gasteiger partial charge in [0.15, 0.2) is 5.82 Å². The van der Waals surface area contributed by atoms with Crippen molar-refractivity contribution in [2.24, 2.45) is 0 Å². The van der Waals surface area contributed by atoms with Crippen molar-refractivity contribution in [3.63, 3.8) is 0 Å². The average Bonchev–Trinajstić information content (AvgIpc) is 2.84. The summed E-state index contributed by atoms with van der Waals surface area (Å²) >= 11 is 0. The quantitative estimate of drug-likeness (QED) is 0.648. The van der Waals surface area contributed by atoms with Gasteiger partial charge in [-0.1, -0.05) is 5.16 Å². The summed E-state index contributed by atoms with van der Waals surface area (Å²) in [6, 6.07) is 0. The van der Waals surface area contributed by atoms with E-state index in [1.807, 2.05) is 0 Å². The highest BCUT2D eigenvalue weighted by molar-refractivity contribution is 5.84. The third-order valence-electron chi connectivity index (χ3n) is 1.50. The molecule has 0 amide bonds. The molecule has 0 aliphatic carbocycles. The topological polar surface area (TPSA) is 104 Å². The highest BCUT2D eigenvalue weighted by atomic mass is 16.5. The molecule has 2 heterocycles.